The molecule has 0 atom stereocenters. The molecule has 1 aromatic carbocycles. The second kappa shape index (κ2) is 5.48. The lowest BCUT2D eigenvalue weighted by Gasteiger charge is -2.36. The van der Waals surface area contributed by atoms with Crippen LogP contribution >= 0.6 is 0 Å². The largest absolute Gasteiger partial charge is 0.493 e. The molecule has 0 bridgehead atoms. The highest BCUT2D eigenvalue weighted by Crippen LogP contribution is 2.31. The summed E-state index contributed by atoms with van der Waals surface area (Å²) in [6.45, 7) is 0.292. The van der Waals surface area contributed by atoms with Crippen molar-refractivity contribution < 1.29 is 19.4 Å². The first-order valence-corrected chi connectivity index (χ1v) is 6.30. The Morgan fingerprint density at radius 2 is 2.00 bits per heavy atom. The highest BCUT2D eigenvalue weighted by atomic mass is 16.5. The van der Waals surface area contributed by atoms with Crippen molar-refractivity contribution in [2.24, 2.45) is 0 Å². The van der Waals surface area contributed by atoms with E-state index in [-0.39, 0.29) is 5.91 Å². The summed E-state index contributed by atoms with van der Waals surface area (Å²) in [5, 5.41) is 12.7. The van der Waals surface area contributed by atoms with Gasteiger partial charge in [-0.05, 0) is 37.5 Å². The van der Waals surface area contributed by atoms with Gasteiger partial charge in [-0.15, -0.1) is 0 Å². The molecule has 5 nitrogen and oxygen atoms in total. The van der Waals surface area contributed by atoms with Crippen LogP contribution in [0.5, 0.6) is 11.5 Å². The number of methoxy groups -OCH3 is 2. The highest BCUT2D eigenvalue weighted by Gasteiger charge is 2.34. The molecule has 0 spiro atoms. The van der Waals surface area contributed by atoms with Gasteiger partial charge in [0.1, 0.15) is 0 Å². The molecule has 104 valence electrons. The zero-order chi connectivity index (χ0) is 13.9. The Hall–Kier alpha value is -1.75. The minimum atomic E-state index is -0.716. The van der Waals surface area contributed by atoms with Gasteiger partial charge in [0.15, 0.2) is 11.5 Å². The Labute approximate surface area is 112 Å². The van der Waals surface area contributed by atoms with Gasteiger partial charge in [0, 0.05) is 12.1 Å². The summed E-state index contributed by atoms with van der Waals surface area (Å²) in [6.07, 6.45) is 2.52. The van der Waals surface area contributed by atoms with Gasteiger partial charge < -0.3 is 19.9 Å². The van der Waals surface area contributed by atoms with Gasteiger partial charge in [-0.2, -0.15) is 0 Å². The number of ether oxygens (including phenoxy) is 2. The molecule has 0 heterocycles. The molecule has 2 rings (SSSR count). The highest BCUT2D eigenvalue weighted by molar-refractivity contribution is 5.94. The quantitative estimate of drug-likeness (QED) is 0.843. The second-order valence-corrected chi connectivity index (χ2v) is 4.83. The van der Waals surface area contributed by atoms with Crippen molar-refractivity contribution in [3.05, 3.63) is 23.8 Å². The van der Waals surface area contributed by atoms with Crippen molar-refractivity contribution in [1.29, 1.82) is 0 Å². The van der Waals surface area contributed by atoms with Crippen molar-refractivity contribution in [3.63, 3.8) is 0 Å². The fourth-order valence-corrected chi connectivity index (χ4v) is 2.09. The molecule has 0 aliphatic heterocycles. The predicted molar refractivity (Wildman–Crippen MR) is 70.7 cm³/mol. The normalized spacial score (nSPS) is 16.4. The average Bonchev–Trinajstić information content (AvgIpc) is 2.41. The fraction of sp³-hybridized carbons (Fsp3) is 0.500. The van der Waals surface area contributed by atoms with Crippen LogP contribution in [0.25, 0.3) is 0 Å². The molecular weight excluding hydrogens is 246 g/mol. The van der Waals surface area contributed by atoms with Crippen LogP contribution in [0.4, 0.5) is 0 Å². The summed E-state index contributed by atoms with van der Waals surface area (Å²) in [5.41, 5.74) is -0.229. The van der Waals surface area contributed by atoms with Gasteiger partial charge >= 0.3 is 0 Å². The number of carbonyl (C=O) groups is 1. The Morgan fingerprint density at radius 3 is 2.53 bits per heavy atom. The average molecular weight is 265 g/mol. The van der Waals surface area contributed by atoms with E-state index in [1.54, 1.807) is 25.3 Å². The summed E-state index contributed by atoms with van der Waals surface area (Å²) in [4.78, 5) is 12.0. The molecule has 1 fully saturated rings. The topological polar surface area (TPSA) is 67.8 Å². The van der Waals surface area contributed by atoms with Crippen LogP contribution in [0, 0.1) is 0 Å². The number of nitrogens with one attached hydrogen (secondary N) is 1. The number of rotatable bonds is 5. The van der Waals surface area contributed by atoms with Gasteiger partial charge in [-0.25, -0.2) is 0 Å². The number of hydrogen-bond acceptors (Lipinski definition) is 4. The molecule has 1 amide bonds. The standard InChI is InChI=1S/C14H19NO4/c1-18-11-5-4-10(8-12(11)19-2)13(16)15-9-14(17)6-3-7-14/h4-5,8,17H,3,6-7,9H2,1-2H3,(H,15,16). The first-order valence-electron chi connectivity index (χ1n) is 6.30. The summed E-state index contributed by atoms with van der Waals surface area (Å²) >= 11 is 0. The van der Waals surface area contributed by atoms with E-state index in [1.165, 1.54) is 7.11 Å². The van der Waals surface area contributed by atoms with Crippen LogP contribution in [-0.4, -0.2) is 37.4 Å². The summed E-state index contributed by atoms with van der Waals surface area (Å²) in [5.74, 6) is 0.871. The lowest BCUT2D eigenvalue weighted by Crippen LogP contribution is -2.47. The van der Waals surface area contributed by atoms with E-state index >= 15 is 0 Å². The van der Waals surface area contributed by atoms with Crippen molar-refractivity contribution in [1.82, 2.24) is 5.32 Å². The van der Waals surface area contributed by atoms with E-state index in [0.717, 1.165) is 19.3 Å². The molecule has 0 saturated heterocycles. The maximum absolute atomic E-state index is 12.0. The maximum Gasteiger partial charge on any atom is 0.251 e. The fourth-order valence-electron chi connectivity index (χ4n) is 2.09. The van der Waals surface area contributed by atoms with E-state index in [0.29, 0.717) is 23.6 Å². The Bertz CT molecular complexity index is 469. The number of aliphatic hydroxyl groups is 1. The van der Waals surface area contributed by atoms with Crippen LogP contribution in [0.15, 0.2) is 18.2 Å². The smallest absolute Gasteiger partial charge is 0.251 e. The molecule has 5 heteroatoms. The molecule has 0 unspecified atom stereocenters. The zero-order valence-electron chi connectivity index (χ0n) is 11.2. The van der Waals surface area contributed by atoms with Gasteiger partial charge in [-0.3, -0.25) is 4.79 Å². The van der Waals surface area contributed by atoms with Crippen LogP contribution in [0.1, 0.15) is 29.6 Å². The minimum absolute atomic E-state index is 0.221. The van der Waals surface area contributed by atoms with Gasteiger partial charge in [0.2, 0.25) is 0 Å². The molecule has 2 N–H and O–H groups in total. The lowest BCUT2D eigenvalue weighted by molar-refractivity contribution is -0.0300. The third-order valence-corrected chi connectivity index (χ3v) is 3.51. The lowest BCUT2D eigenvalue weighted by atomic mass is 9.80. The summed E-state index contributed by atoms with van der Waals surface area (Å²) in [6, 6.07) is 4.98. The maximum atomic E-state index is 12.0. The number of hydrogen-bond donors (Lipinski definition) is 2. The van der Waals surface area contributed by atoms with E-state index in [9.17, 15) is 9.90 Å². The molecule has 1 aromatic rings. The van der Waals surface area contributed by atoms with E-state index in [2.05, 4.69) is 5.32 Å². The third kappa shape index (κ3) is 2.98. The molecule has 1 saturated carbocycles. The number of carbonyl (C=O) groups excluding carboxylic acids is 1. The third-order valence-electron chi connectivity index (χ3n) is 3.51. The van der Waals surface area contributed by atoms with E-state index < -0.39 is 5.60 Å². The Balaban J connectivity index is 2.02. The van der Waals surface area contributed by atoms with E-state index in [1.807, 2.05) is 0 Å². The summed E-state index contributed by atoms with van der Waals surface area (Å²) < 4.78 is 10.3. The van der Waals surface area contributed by atoms with Crippen molar-refractivity contribution in [3.8, 4) is 11.5 Å². The first-order chi connectivity index (χ1) is 9.08. The predicted octanol–water partition coefficient (Wildman–Crippen LogP) is 1.35. The van der Waals surface area contributed by atoms with Crippen molar-refractivity contribution in [2.45, 2.75) is 24.9 Å². The van der Waals surface area contributed by atoms with Gasteiger partial charge in [0.25, 0.3) is 5.91 Å². The van der Waals surface area contributed by atoms with E-state index in [4.69, 9.17) is 9.47 Å². The first kappa shape index (κ1) is 13.7. The number of amides is 1. The second-order valence-electron chi connectivity index (χ2n) is 4.83. The number of benzene rings is 1. The molecule has 1 aliphatic carbocycles. The SMILES string of the molecule is COc1ccc(C(=O)NCC2(O)CCC2)cc1OC. The summed E-state index contributed by atoms with van der Waals surface area (Å²) in [7, 11) is 3.07. The minimum Gasteiger partial charge on any atom is -0.493 e. The molecule has 1 aliphatic rings. The zero-order valence-corrected chi connectivity index (χ0v) is 11.2. The van der Waals surface area contributed by atoms with Crippen LogP contribution in [-0.2, 0) is 0 Å². The van der Waals surface area contributed by atoms with Gasteiger partial charge in [0.05, 0.1) is 19.8 Å². The Morgan fingerprint density at radius 1 is 1.32 bits per heavy atom. The van der Waals surface area contributed by atoms with Gasteiger partial charge in [-0.1, -0.05) is 0 Å². The van der Waals surface area contributed by atoms with Crippen LogP contribution in [0.3, 0.4) is 0 Å². The van der Waals surface area contributed by atoms with Crippen LogP contribution < -0.4 is 14.8 Å². The van der Waals surface area contributed by atoms with Crippen molar-refractivity contribution in [2.75, 3.05) is 20.8 Å². The molecular formula is C14H19NO4. The Kier molecular flexibility index (Phi) is 3.95. The molecule has 19 heavy (non-hydrogen) atoms. The van der Waals surface area contributed by atoms with Crippen LogP contribution in [0.2, 0.25) is 0 Å². The molecule has 0 radical (unpaired) electrons. The monoisotopic (exact) mass is 265 g/mol. The molecule has 0 aromatic heterocycles. The van der Waals surface area contributed by atoms with Crippen molar-refractivity contribution >= 4 is 5.91 Å².